The molecule has 0 aliphatic heterocycles. The average molecular weight is 242 g/mol. The van der Waals surface area contributed by atoms with Crippen molar-refractivity contribution in [2.24, 2.45) is 17.8 Å². The Hall–Kier alpha value is 0.137. The molecular weight excluding hydrogens is 216 g/mol. The highest BCUT2D eigenvalue weighted by atomic mass is 28.4. The van der Waals surface area contributed by atoms with Crippen molar-refractivity contribution in [1.29, 1.82) is 0 Å². The van der Waals surface area contributed by atoms with Gasteiger partial charge in [-0.3, -0.25) is 0 Å². The van der Waals surface area contributed by atoms with Gasteiger partial charge in [-0.15, -0.1) is 0 Å². The second-order valence-electron chi connectivity index (χ2n) is 6.10. The fourth-order valence-corrected chi connectivity index (χ4v) is 8.32. The van der Waals surface area contributed by atoms with Gasteiger partial charge in [-0.2, -0.15) is 0 Å². The first-order valence-corrected chi connectivity index (χ1v) is 8.81. The van der Waals surface area contributed by atoms with E-state index in [4.69, 9.17) is 8.85 Å². The first kappa shape index (κ1) is 12.6. The van der Waals surface area contributed by atoms with Crippen molar-refractivity contribution in [2.75, 3.05) is 14.2 Å². The first-order chi connectivity index (χ1) is 7.61. The Morgan fingerprint density at radius 3 is 2.19 bits per heavy atom. The topological polar surface area (TPSA) is 18.5 Å². The van der Waals surface area contributed by atoms with Crippen molar-refractivity contribution in [2.45, 2.75) is 51.1 Å². The van der Waals surface area contributed by atoms with E-state index in [0.29, 0.717) is 5.92 Å². The normalized spacial score (nSPS) is 33.9. The lowest BCUT2D eigenvalue weighted by Crippen LogP contribution is -2.48. The van der Waals surface area contributed by atoms with Crippen LogP contribution in [-0.4, -0.2) is 22.8 Å². The SMILES string of the molecule is CO[Si](CC(C)C)(OC)C1CC2CCC1C2. The van der Waals surface area contributed by atoms with Gasteiger partial charge in [0.2, 0.25) is 0 Å². The van der Waals surface area contributed by atoms with E-state index in [-0.39, 0.29) is 0 Å². The third-order valence-corrected chi connectivity index (χ3v) is 9.29. The molecule has 3 unspecified atom stereocenters. The summed E-state index contributed by atoms with van der Waals surface area (Å²) < 4.78 is 11.9. The molecule has 0 heterocycles. The number of rotatable bonds is 5. The molecule has 0 spiro atoms. The van der Waals surface area contributed by atoms with Crippen LogP contribution in [0.3, 0.4) is 0 Å². The molecule has 2 bridgehead atoms. The van der Waals surface area contributed by atoms with Gasteiger partial charge in [-0.05, 0) is 36.6 Å². The Kier molecular flexibility index (Phi) is 3.77. The molecule has 0 N–H and O–H groups in total. The van der Waals surface area contributed by atoms with Crippen LogP contribution in [0.25, 0.3) is 0 Å². The van der Waals surface area contributed by atoms with E-state index in [1.807, 2.05) is 14.2 Å². The largest absolute Gasteiger partial charge is 0.397 e. The van der Waals surface area contributed by atoms with Gasteiger partial charge in [0.1, 0.15) is 0 Å². The maximum Gasteiger partial charge on any atom is 0.341 e. The Morgan fingerprint density at radius 1 is 1.12 bits per heavy atom. The van der Waals surface area contributed by atoms with Crippen LogP contribution in [-0.2, 0) is 8.85 Å². The van der Waals surface area contributed by atoms with Crippen LogP contribution in [0.15, 0.2) is 0 Å². The molecule has 16 heavy (non-hydrogen) atoms. The smallest absolute Gasteiger partial charge is 0.341 e. The highest BCUT2D eigenvalue weighted by molar-refractivity contribution is 6.69. The summed E-state index contributed by atoms with van der Waals surface area (Å²) in [4.78, 5) is 0. The monoisotopic (exact) mass is 242 g/mol. The third-order valence-electron chi connectivity index (χ3n) is 4.69. The number of fused-ring (bicyclic) bond motifs is 2. The molecule has 0 aromatic rings. The maximum absolute atomic E-state index is 5.95. The summed E-state index contributed by atoms with van der Waals surface area (Å²) >= 11 is 0. The zero-order valence-corrected chi connectivity index (χ0v) is 12.2. The van der Waals surface area contributed by atoms with E-state index in [2.05, 4.69) is 13.8 Å². The lowest BCUT2D eigenvalue weighted by atomic mass is 10.0. The van der Waals surface area contributed by atoms with Gasteiger partial charge in [-0.1, -0.05) is 26.7 Å². The Balaban J connectivity index is 2.12. The maximum atomic E-state index is 5.95. The van der Waals surface area contributed by atoms with Gasteiger partial charge in [0, 0.05) is 19.8 Å². The summed E-state index contributed by atoms with van der Waals surface area (Å²) in [5.41, 5.74) is 0.767. The fraction of sp³-hybridized carbons (Fsp3) is 1.00. The molecule has 2 rings (SSSR count). The second kappa shape index (κ2) is 4.79. The molecule has 3 heteroatoms. The van der Waals surface area contributed by atoms with Crippen molar-refractivity contribution >= 4 is 8.56 Å². The number of hydrogen-bond donors (Lipinski definition) is 0. The molecule has 94 valence electrons. The molecule has 2 saturated carbocycles. The van der Waals surface area contributed by atoms with Crippen LogP contribution >= 0.6 is 0 Å². The zero-order valence-electron chi connectivity index (χ0n) is 11.2. The summed E-state index contributed by atoms with van der Waals surface area (Å²) in [6.07, 6.45) is 5.71. The van der Waals surface area contributed by atoms with E-state index >= 15 is 0 Å². The molecule has 0 amide bonds. The molecular formula is C13H26O2Si. The predicted molar refractivity (Wildman–Crippen MR) is 68.6 cm³/mol. The Morgan fingerprint density at radius 2 is 1.81 bits per heavy atom. The summed E-state index contributed by atoms with van der Waals surface area (Å²) in [6, 6.07) is 1.16. The highest BCUT2D eigenvalue weighted by Gasteiger charge is 2.54. The van der Waals surface area contributed by atoms with Crippen LogP contribution < -0.4 is 0 Å². The fourth-order valence-electron chi connectivity index (χ4n) is 4.06. The van der Waals surface area contributed by atoms with Gasteiger partial charge in [0.25, 0.3) is 0 Å². The minimum Gasteiger partial charge on any atom is -0.397 e. The molecule has 0 aromatic heterocycles. The lowest BCUT2D eigenvalue weighted by Gasteiger charge is -2.38. The van der Waals surface area contributed by atoms with Crippen LogP contribution in [0, 0.1) is 17.8 Å². The molecule has 0 saturated heterocycles. The Bertz CT molecular complexity index is 238. The van der Waals surface area contributed by atoms with Gasteiger partial charge in [-0.25, -0.2) is 0 Å². The molecule has 3 atom stereocenters. The van der Waals surface area contributed by atoms with Crippen LogP contribution in [0.2, 0.25) is 11.6 Å². The van der Waals surface area contributed by atoms with Crippen molar-refractivity contribution in [3.05, 3.63) is 0 Å². The van der Waals surface area contributed by atoms with E-state index in [1.54, 1.807) is 0 Å². The van der Waals surface area contributed by atoms with Gasteiger partial charge in [0.05, 0.1) is 0 Å². The quantitative estimate of drug-likeness (QED) is 0.686. The molecule has 0 radical (unpaired) electrons. The van der Waals surface area contributed by atoms with Crippen molar-refractivity contribution in [3.63, 3.8) is 0 Å². The highest BCUT2D eigenvalue weighted by Crippen LogP contribution is 2.56. The third kappa shape index (κ3) is 2.09. The van der Waals surface area contributed by atoms with Crippen molar-refractivity contribution in [1.82, 2.24) is 0 Å². The van der Waals surface area contributed by atoms with Crippen molar-refractivity contribution < 1.29 is 8.85 Å². The van der Waals surface area contributed by atoms with E-state index in [0.717, 1.165) is 23.4 Å². The van der Waals surface area contributed by atoms with Gasteiger partial charge in [0.15, 0.2) is 0 Å². The average Bonchev–Trinajstić information content (AvgIpc) is 2.87. The lowest BCUT2D eigenvalue weighted by molar-refractivity contribution is 0.207. The molecule has 2 nitrogen and oxygen atoms in total. The second-order valence-corrected chi connectivity index (χ2v) is 9.69. The van der Waals surface area contributed by atoms with Crippen LogP contribution in [0.4, 0.5) is 0 Å². The summed E-state index contributed by atoms with van der Waals surface area (Å²) in [6.45, 7) is 4.57. The summed E-state index contributed by atoms with van der Waals surface area (Å²) in [5, 5.41) is 0. The Labute approximate surface area is 101 Å². The van der Waals surface area contributed by atoms with Gasteiger partial charge < -0.3 is 8.85 Å². The molecule has 2 aliphatic carbocycles. The van der Waals surface area contributed by atoms with Crippen molar-refractivity contribution in [3.8, 4) is 0 Å². The number of hydrogen-bond acceptors (Lipinski definition) is 2. The zero-order chi connectivity index (χ0) is 11.8. The summed E-state index contributed by atoms with van der Waals surface area (Å²) in [7, 11) is 1.83. The first-order valence-electron chi connectivity index (χ1n) is 6.71. The molecule has 2 aliphatic rings. The van der Waals surface area contributed by atoms with Gasteiger partial charge >= 0.3 is 8.56 Å². The molecule has 2 fully saturated rings. The summed E-state index contributed by atoms with van der Waals surface area (Å²) in [5.74, 6) is 2.58. The predicted octanol–water partition coefficient (Wildman–Crippen LogP) is 3.57. The van der Waals surface area contributed by atoms with Crippen LogP contribution in [0.5, 0.6) is 0 Å². The minimum absolute atomic E-state index is 0.686. The molecule has 0 aromatic carbocycles. The standard InChI is InChI=1S/C13H26O2Si/c1-10(2)9-16(14-3,15-4)13-8-11-5-6-12(13)7-11/h10-13H,5-9H2,1-4H3. The van der Waals surface area contributed by atoms with Crippen LogP contribution in [0.1, 0.15) is 39.5 Å². The minimum atomic E-state index is -1.93. The van der Waals surface area contributed by atoms with E-state index < -0.39 is 8.56 Å². The van der Waals surface area contributed by atoms with E-state index in [1.165, 1.54) is 25.7 Å². The van der Waals surface area contributed by atoms with E-state index in [9.17, 15) is 0 Å².